The van der Waals surface area contributed by atoms with Gasteiger partial charge in [0, 0.05) is 6.54 Å². The SMILES string of the molecule is CCCOc1ccc(CCNS(=O)(=O)CC)cc1. The molecule has 0 aliphatic heterocycles. The number of sulfonamides is 1. The first kappa shape index (κ1) is 15.0. The molecule has 1 aromatic carbocycles. The van der Waals surface area contributed by atoms with Crippen molar-refractivity contribution in [1.29, 1.82) is 0 Å². The van der Waals surface area contributed by atoms with E-state index in [0.717, 1.165) is 24.3 Å². The van der Waals surface area contributed by atoms with Crippen molar-refractivity contribution in [2.45, 2.75) is 26.7 Å². The minimum Gasteiger partial charge on any atom is -0.494 e. The van der Waals surface area contributed by atoms with Gasteiger partial charge in [0.1, 0.15) is 5.75 Å². The Balaban J connectivity index is 2.39. The number of hydrogen-bond donors (Lipinski definition) is 1. The molecule has 5 heteroatoms. The van der Waals surface area contributed by atoms with Crippen molar-refractivity contribution in [3.05, 3.63) is 29.8 Å². The van der Waals surface area contributed by atoms with E-state index in [9.17, 15) is 8.42 Å². The van der Waals surface area contributed by atoms with E-state index in [2.05, 4.69) is 11.6 Å². The maximum atomic E-state index is 11.2. The second kappa shape index (κ2) is 7.38. The van der Waals surface area contributed by atoms with Crippen LogP contribution in [0.3, 0.4) is 0 Å². The average Bonchev–Trinajstić information content (AvgIpc) is 2.38. The molecule has 0 spiro atoms. The maximum absolute atomic E-state index is 11.2. The highest BCUT2D eigenvalue weighted by Gasteiger charge is 2.04. The van der Waals surface area contributed by atoms with Crippen molar-refractivity contribution in [3.8, 4) is 5.75 Å². The zero-order chi connectivity index (χ0) is 13.4. The molecule has 0 fully saturated rings. The molecular weight excluding hydrogens is 250 g/mol. The first-order valence-electron chi connectivity index (χ1n) is 6.26. The molecular formula is C13H21NO3S. The van der Waals surface area contributed by atoms with Gasteiger partial charge in [-0.1, -0.05) is 19.1 Å². The molecule has 1 N–H and O–H groups in total. The van der Waals surface area contributed by atoms with Gasteiger partial charge < -0.3 is 4.74 Å². The quantitative estimate of drug-likeness (QED) is 0.786. The van der Waals surface area contributed by atoms with Crippen LogP contribution in [-0.4, -0.2) is 27.3 Å². The number of nitrogens with one attached hydrogen (secondary N) is 1. The summed E-state index contributed by atoms with van der Waals surface area (Å²) in [6.45, 7) is 4.84. The zero-order valence-electron chi connectivity index (χ0n) is 11.0. The summed E-state index contributed by atoms with van der Waals surface area (Å²) >= 11 is 0. The van der Waals surface area contributed by atoms with Gasteiger partial charge in [-0.2, -0.15) is 0 Å². The van der Waals surface area contributed by atoms with Crippen LogP contribution in [0.4, 0.5) is 0 Å². The predicted molar refractivity (Wildman–Crippen MR) is 73.4 cm³/mol. The zero-order valence-corrected chi connectivity index (χ0v) is 11.8. The Morgan fingerprint density at radius 1 is 1.17 bits per heavy atom. The summed E-state index contributed by atoms with van der Waals surface area (Å²) in [6.07, 6.45) is 1.67. The highest BCUT2D eigenvalue weighted by molar-refractivity contribution is 7.89. The molecule has 102 valence electrons. The molecule has 0 saturated carbocycles. The van der Waals surface area contributed by atoms with Crippen LogP contribution < -0.4 is 9.46 Å². The number of hydrogen-bond acceptors (Lipinski definition) is 3. The Morgan fingerprint density at radius 2 is 1.83 bits per heavy atom. The first-order chi connectivity index (χ1) is 8.57. The standard InChI is InChI=1S/C13H21NO3S/c1-3-11-17-13-7-5-12(6-8-13)9-10-14-18(15,16)4-2/h5-8,14H,3-4,9-11H2,1-2H3. The van der Waals surface area contributed by atoms with Crippen LogP contribution in [0.15, 0.2) is 24.3 Å². The van der Waals surface area contributed by atoms with Gasteiger partial charge >= 0.3 is 0 Å². The topological polar surface area (TPSA) is 55.4 Å². The Kier molecular flexibility index (Phi) is 6.15. The molecule has 0 atom stereocenters. The Morgan fingerprint density at radius 3 is 2.39 bits per heavy atom. The lowest BCUT2D eigenvalue weighted by Gasteiger charge is -2.07. The van der Waals surface area contributed by atoms with Gasteiger partial charge in [0.15, 0.2) is 0 Å². The van der Waals surface area contributed by atoms with Gasteiger partial charge in [0.05, 0.1) is 12.4 Å². The molecule has 4 nitrogen and oxygen atoms in total. The lowest BCUT2D eigenvalue weighted by Crippen LogP contribution is -2.27. The van der Waals surface area contributed by atoms with E-state index in [4.69, 9.17) is 4.74 Å². The highest BCUT2D eigenvalue weighted by Crippen LogP contribution is 2.12. The predicted octanol–water partition coefficient (Wildman–Crippen LogP) is 1.96. The van der Waals surface area contributed by atoms with Crippen LogP contribution in [-0.2, 0) is 16.4 Å². The lowest BCUT2D eigenvalue weighted by atomic mass is 10.1. The third-order valence-corrected chi connectivity index (χ3v) is 3.92. The summed E-state index contributed by atoms with van der Waals surface area (Å²) in [5.74, 6) is 0.978. The van der Waals surface area contributed by atoms with Crippen LogP contribution in [0.2, 0.25) is 0 Å². The fraction of sp³-hybridized carbons (Fsp3) is 0.538. The normalized spacial score (nSPS) is 11.4. The van der Waals surface area contributed by atoms with Crippen LogP contribution in [0.5, 0.6) is 5.75 Å². The second-order valence-electron chi connectivity index (χ2n) is 4.04. The summed E-state index contributed by atoms with van der Waals surface area (Å²) in [6, 6.07) is 7.76. The average molecular weight is 271 g/mol. The van der Waals surface area contributed by atoms with Crippen LogP contribution >= 0.6 is 0 Å². The molecule has 0 aliphatic rings. The molecule has 0 aromatic heterocycles. The van der Waals surface area contributed by atoms with Crippen molar-refractivity contribution < 1.29 is 13.2 Å². The van der Waals surface area contributed by atoms with Gasteiger partial charge in [0.2, 0.25) is 10.0 Å². The van der Waals surface area contributed by atoms with Gasteiger partial charge in [-0.15, -0.1) is 0 Å². The van der Waals surface area contributed by atoms with E-state index in [1.54, 1.807) is 6.92 Å². The van der Waals surface area contributed by atoms with Gasteiger partial charge in [-0.25, -0.2) is 13.1 Å². The van der Waals surface area contributed by atoms with E-state index in [1.165, 1.54) is 0 Å². The van der Waals surface area contributed by atoms with E-state index in [-0.39, 0.29) is 5.75 Å². The molecule has 0 heterocycles. The van der Waals surface area contributed by atoms with E-state index < -0.39 is 10.0 Å². The molecule has 0 unspecified atom stereocenters. The van der Waals surface area contributed by atoms with Crippen molar-refractivity contribution >= 4 is 10.0 Å². The van der Waals surface area contributed by atoms with E-state index in [0.29, 0.717) is 13.0 Å². The third-order valence-electron chi connectivity index (χ3n) is 2.51. The molecule has 0 aliphatic carbocycles. The fourth-order valence-electron chi connectivity index (χ4n) is 1.43. The Hall–Kier alpha value is -1.07. The fourth-order valence-corrected chi connectivity index (χ4v) is 2.04. The summed E-state index contributed by atoms with van der Waals surface area (Å²) in [5, 5.41) is 0. The molecule has 0 bridgehead atoms. The minimum atomic E-state index is -3.08. The molecule has 0 amide bonds. The van der Waals surface area contributed by atoms with Crippen molar-refractivity contribution in [1.82, 2.24) is 4.72 Å². The minimum absolute atomic E-state index is 0.122. The molecule has 18 heavy (non-hydrogen) atoms. The third kappa shape index (κ3) is 5.51. The smallest absolute Gasteiger partial charge is 0.211 e. The largest absolute Gasteiger partial charge is 0.494 e. The van der Waals surface area contributed by atoms with Crippen molar-refractivity contribution in [3.63, 3.8) is 0 Å². The van der Waals surface area contributed by atoms with Gasteiger partial charge in [-0.05, 0) is 37.5 Å². The summed E-state index contributed by atoms with van der Waals surface area (Å²) in [4.78, 5) is 0. The lowest BCUT2D eigenvalue weighted by molar-refractivity contribution is 0.317. The van der Waals surface area contributed by atoms with E-state index in [1.807, 2.05) is 24.3 Å². The van der Waals surface area contributed by atoms with Gasteiger partial charge in [-0.3, -0.25) is 0 Å². The first-order valence-corrected chi connectivity index (χ1v) is 7.91. The maximum Gasteiger partial charge on any atom is 0.211 e. The molecule has 1 aromatic rings. The summed E-state index contributed by atoms with van der Waals surface area (Å²) in [7, 11) is -3.08. The van der Waals surface area contributed by atoms with Crippen LogP contribution in [0, 0.1) is 0 Å². The van der Waals surface area contributed by atoms with Crippen molar-refractivity contribution in [2.24, 2.45) is 0 Å². The van der Waals surface area contributed by atoms with E-state index >= 15 is 0 Å². The van der Waals surface area contributed by atoms with Crippen LogP contribution in [0.1, 0.15) is 25.8 Å². The molecule has 1 rings (SSSR count). The molecule has 0 saturated heterocycles. The second-order valence-corrected chi connectivity index (χ2v) is 6.14. The summed E-state index contributed by atoms with van der Waals surface area (Å²) in [5.41, 5.74) is 1.10. The number of rotatable bonds is 8. The van der Waals surface area contributed by atoms with Gasteiger partial charge in [0.25, 0.3) is 0 Å². The monoisotopic (exact) mass is 271 g/mol. The summed E-state index contributed by atoms with van der Waals surface area (Å²) < 4.78 is 30.5. The van der Waals surface area contributed by atoms with Crippen LogP contribution in [0.25, 0.3) is 0 Å². The number of ether oxygens (including phenoxy) is 1. The highest BCUT2D eigenvalue weighted by atomic mass is 32.2. The Labute approximate surface area is 109 Å². The van der Waals surface area contributed by atoms with Crippen molar-refractivity contribution in [2.75, 3.05) is 18.9 Å². The number of benzene rings is 1. The molecule has 0 radical (unpaired) electrons. The Bertz CT molecular complexity index is 440.